The van der Waals surface area contributed by atoms with Crippen molar-refractivity contribution in [3.8, 4) is 0 Å². The van der Waals surface area contributed by atoms with Crippen molar-refractivity contribution in [3.05, 3.63) is 23.7 Å². The molecule has 70 valence electrons. The highest BCUT2D eigenvalue weighted by Gasteiger charge is 2.21. The number of carbonyl (C=O) groups is 1. The molecule has 1 rings (SSSR count). The van der Waals surface area contributed by atoms with Crippen LogP contribution in [-0.4, -0.2) is 30.2 Å². The van der Waals surface area contributed by atoms with Gasteiger partial charge in [-0.1, -0.05) is 18.2 Å². The highest BCUT2D eigenvalue weighted by molar-refractivity contribution is 6.51. The Morgan fingerprint density at radius 2 is 2.38 bits per heavy atom. The zero-order chi connectivity index (χ0) is 9.84. The summed E-state index contributed by atoms with van der Waals surface area (Å²) >= 11 is 0. The number of ether oxygens (including phenoxy) is 1. The molecule has 2 N–H and O–H groups in total. The molecular formula is C8H11BO4. The zero-order valence-electron chi connectivity index (χ0n) is 7.30. The maximum atomic E-state index is 11.0. The third kappa shape index (κ3) is 2.43. The first-order chi connectivity index (χ1) is 6.15. The normalized spacial score (nSPS) is 20.8. The lowest BCUT2D eigenvalue weighted by atomic mass is 9.75. The SMILES string of the molecule is COC(=O)C1C=CC(B(O)O)=CC1. The summed E-state index contributed by atoms with van der Waals surface area (Å²) in [5, 5.41) is 17.6. The van der Waals surface area contributed by atoms with E-state index in [0.717, 1.165) is 0 Å². The summed E-state index contributed by atoms with van der Waals surface area (Å²) in [5.74, 6) is -0.605. The Kier molecular flexibility index (Phi) is 3.28. The van der Waals surface area contributed by atoms with Gasteiger partial charge in [0.2, 0.25) is 0 Å². The summed E-state index contributed by atoms with van der Waals surface area (Å²) in [7, 11) is -0.133. The molecule has 0 spiro atoms. The lowest BCUT2D eigenvalue weighted by molar-refractivity contribution is -0.143. The van der Waals surface area contributed by atoms with E-state index in [1.54, 1.807) is 12.2 Å². The Morgan fingerprint density at radius 3 is 2.77 bits per heavy atom. The molecule has 0 aromatic carbocycles. The van der Waals surface area contributed by atoms with E-state index in [-0.39, 0.29) is 11.9 Å². The Morgan fingerprint density at radius 1 is 1.69 bits per heavy atom. The highest BCUT2D eigenvalue weighted by atomic mass is 16.5. The number of rotatable bonds is 2. The Bertz CT molecular complexity index is 257. The van der Waals surface area contributed by atoms with Gasteiger partial charge in [-0.2, -0.15) is 0 Å². The van der Waals surface area contributed by atoms with E-state index in [0.29, 0.717) is 11.9 Å². The summed E-state index contributed by atoms with van der Waals surface area (Å²) in [4.78, 5) is 11.0. The standard InChI is InChI=1S/C8H11BO4/c1-13-8(10)6-2-4-7(5-3-6)9(11)12/h2,4-6,11-12H,3H2,1H3. The van der Waals surface area contributed by atoms with Crippen LogP contribution in [0.1, 0.15) is 6.42 Å². The first-order valence-electron chi connectivity index (χ1n) is 3.97. The van der Waals surface area contributed by atoms with Crippen molar-refractivity contribution in [2.24, 2.45) is 5.92 Å². The van der Waals surface area contributed by atoms with Gasteiger partial charge in [-0.25, -0.2) is 0 Å². The molecule has 0 bridgehead atoms. The molecule has 1 unspecified atom stereocenters. The minimum atomic E-state index is -1.46. The van der Waals surface area contributed by atoms with Crippen LogP contribution in [0.4, 0.5) is 0 Å². The van der Waals surface area contributed by atoms with Gasteiger partial charge in [-0.15, -0.1) is 0 Å². The lowest BCUT2D eigenvalue weighted by Gasteiger charge is -2.13. The zero-order valence-corrected chi connectivity index (χ0v) is 7.30. The molecule has 0 saturated carbocycles. The molecule has 0 fully saturated rings. The molecule has 0 radical (unpaired) electrons. The van der Waals surface area contributed by atoms with E-state index in [4.69, 9.17) is 10.0 Å². The summed E-state index contributed by atoms with van der Waals surface area (Å²) in [5.41, 5.74) is 0.417. The van der Waals surface area contributed by atoms with Crippen LogP contribution in [-0.2, 0) is 9.53 Å². The monoisotopic (exact) mass is 182 g/mol. The van der Waals surface area contributed by atoms with E-state index in [2.05, 4.69) is 4.74 Å². The van der Waals surface area contributed by atoms with Gasteiger partial charge in [0.05, 0.1) is 13.0 Å². The van der Waals surface area contributed by atoms with Gasteiger partial charge in [-0.05, 0) is 11.9 Å². The minimum absolute atomic E-state index is 0.299. The predicted molar refractivity (Wildman–Crippen MR) is 47.5 cm³/mol. The van der Waals surface area contributed by atoms with Gasteiger partial charge < -0.3 is 14.8 Å². The molecule has 13 heavy (non-hydrogen) atoms. The first kappa shape index (κ1) is 10.0. The van der Waals surface area contributed by atoms with Gasteiger partial charge in [-0.3, -0.25) is 4.79 Å². The fraction of sp³-hybridized carbons (Fsp3) is 0.375. The van der Waals surface area contributed by atoms with Crippen molar-refractivity contribution in [3.63, 3.8) is 0 Å². The molecule has 5 heteroatoms. The predicted octanol–water partition coefficient (Wildman–Crippen LogP) is -0.326. The summed E-state index contributed by atoms with van der Waals surface area (Å²) < 4.78 is 4.54. The van der Waals surface area contributed by atoms with Crippen LogP contribution in [0.15, 0.2) is 23.7 Å². The number of esters is 1. The summed E-state index contributed by atoms with van der Waals surface area (Å²) in [6.45, 7) is 0. The van der Waals surface area contributed by atoms with Crippen molar-refractivity contribution in [2.75, 3.05) is 7.11 Å². The maximum absolute atomic E-state index is 11.0. The molecule has 0 aliphatic heterocycles. The van der Waals surface area contributed by atoms with Crippen molar-refractivity contribution >= 4 is 13.1 Å². The largest absolute Gasteiger partial charge is 0.488 e. The number of carbonyl (C=O) groups excluding carboxylic acids is 1. The second kappa shape index (κ2) is 4.25. The molecule has 0 saturated heterocycles. The third-order valence-corrected chi connectivity index (χ3v) is 1.93. The third-order valence-electron chi connectivity index (χ3n) is 1.93. The van der Waals surface area contributed by atoms with Crippen LogP contribution >= 0.6 is 0 Å². The molecule has 0 amide bonds. The maximum Gasteiger partial charge on any atom is 0.488 e. The number of allylic oxidation sites excluding steroid dienone is 3. The Balaban J connectivity index is 2.58. The molecule has 1 aliphatic rings. The van der Waals surface area contributed by atoms with Crippen LogP contribution in [0.25, 0.3) is 0 Å². The number of hydrogen-bond donors (Lipinski definition) is 2. The van der Waals surface area contributed by atoms with Crippen molar-refractivity contribution in [1.29, 1.82) is 0 Å². The topological polar surface area (TPSA) is 66.8 Å². The van der Waals surface area contributed by atoms with E-state index < -0.39 is 7.12 Å². The number of hydrogen-bond acceptors (Lipinski definition) is 4. The van der Waals surface area contributed by atoms with Gasteiger partial charge in [0.1, 0.15) is 0 Å². The lowest BCUT2D eigenvalue weighted by Crippen LogP contribution is -2.20. The molecular weight excluding hydrogens is 171 g/mol. The quantitative estimate of drug-likeness (QED) is 0.453. The van der Waals surface area contributed by atoms with E-state index >= 15 is 0 Å². The molecule has 1 aliphatic carbocycles. The van der Waals surface area contributed by atoms with Crippen LogP contribution in [0.3, 0.4) is 0 Å². The van der Waals surface area contributed by atoms with E-state index in [9.17, 15) is 4.79 Å². The average Bonchev–Trinajstić information content (AvgIpc) is 2.17. The molecule has 0 heterocycles. The van der Waals surface area contributed by atoms with Crippen molar-refractivity contribution in [1.82, 2.24) is 0 Å². The molecule has 0 aromatic rings. The first-order valence-corrected chi connectivity index (χ1v) is 3.97. The van der Waals surface area contributed by atoms with Crippen LogP contribution < -0.4 is 0 Å². The summed E-state index contributed by atoms with van der Waals surface area (Å²) in [6.07, 6.45) is 5.21. The smallest absolute Gasteiger partial charge is 0.469 e. The van der Waals surface area contributed by atoms with Crippen molar-refractivity contribution < 1.29 is 19.6 Å². The second-order valence-corrected chi connectivity index (χ2v) is 2.80. The molecule has 1 atom stereocenters. The molecule has 4 nitrogen and oxygen atoms in total. The van der Waals surface area contributed by atoms with Gasteiger partial charge >= 0.3 is 13.1 Å². The van der Waals surface area contributed by atoms with Crippen LogP contribution in [0.5, 0.6) is 0 Å². The minimum Gasteiger partial charge on any atom is -0.469 e. The fourth-order valence-electron chi connectivity index (χ4n) is 1.15. The summed E-state index contributed by atoms with van der Waals surface area (Å²) in [6, 6.07) is 0. The van der Waals surface area contributed by atoms with E-state index in [1.165, 1.54) is 13.2 Å². The average molecular weight is 182 g/mol. The van der Waals surface area contributed by atoms with Gasteiger partial charge in [0, 0.05) is 0 Å². The molecule has 0 aromatic heterocycles. The second-order valence-electron chi connectivity index (χ2n) is 2.80. The Labute approximate surface area is 76.7 Å². The van der Waals surface area contributed by atoms with Gasteiger partial charge in [0.25, 0.3) is 0 Å². The van der Waals surface area contributed by atoms with E-state index in [1.807, 2.05) is 0 Å². The van der Waals surface area contributed by atoms with Crippen LogP contribution in [0, 0.1) is 5.92 Å². The Hall–Kier alpha value is -1.07. The fourth-order valence-corrected chi connectivity index (χ4v) is 1.15. The van der Waals surface area contributed by atoms with Crippen molar-refractivity contribution in [2.45, 2.75) is 6.42 Å². The van der Waals surface area contributed by atoms with Gasteiger partial charge in [0.15, 0.2) is 0 Å². The highest BCUT2D eigenvalue weighted by Crippen LogP contribution is 2.17. The number of methoxy groups -OCH3 is 1. The van der Waals surface area contributed by atoms with Crippen LogP contribution in [0.2, 0.25) is 0 Å².